The van der Waals surface area contributed by atoms with Crippen molar-refractivity contribution in [3.63, 3.8) is 0 Å². The van der Waals surface area contributed by atoms with Crippen LogP contribution in [0.2, 0.25) is 0 Å². The number of ether oxygens (including phenoxy) is 4. The van der Waals surface area contributed by atoms with Gasteiger partial charge in [-0.05, 0) is 18.4 Å². The molecule has 0 aromatic heterocycles. The Balaban J connectivity index is 1.44. The SMILES string of the molecule is C=CCCC(=O)N[C@@H](COC)[C@@H](OC(=O)[C@@H]1[C@H]2O[C@@]3(CC2Br)[C@H](C(=O)N(CC=C)CCN2CCOCC2)N(CCO)C(=O)[C@@H]13)c1ccccc1. The highest BCUT2D eigenvalue weighted by Gasteiger charge is 2.77. The molecule has 14 heteroatoms. The third kappa shape index (κ3) is 7.85. The minimum Gasteiger partial charge on any atom is -0.455 e. The largest absolute Gasteiger partial charge is 0.455 e. The zero-order valence-corrected chi connectivity index (χ0v) is 30.2. The molecule has 2 N–H and O–H groups in total. The van der Waals surface area contributed by atoms with Crippen molar-refractivity contribution in [3.05, 3.63) is 61.2 Å². The van der Waals surface area contributed by atoms with E-state index in [-0.39, 0.29) is 49.4 Å². The monoisotopic (exact) mass is 760 g/mol. The van der Waals surface area contributed by atoms with Crippen molar-refractivity contribution in [2.24, 2.45) is 11.8 Å². The van der Waals surface area contributed by atoms with Gasteiger partial charge in [0.1, 0.15) is 17.7 Å². The lowest BCUT2D eigenvalue weighted by Gasteiger charge is -2.37. The molecule has 5 rings (SSSR count). The number of benzene rings is 1. The highest BCUT2D eigenvalue weighted by atomic mass is 79.9. The second-order valence-corrected chi connectivity index (χ2v) is 14.3. The molecular formula is C36H49BrN4O9. The molecule has 3 amide bonds. The summed E-state index contributed by atoms with van der Waals surface area (Å²) in [6.07, 6.45) is 2.59. The Kier molecular flexibility index (Phi) is 13.2. The fourth-order valence-corrected chi connectivity index (χ4v) is 8.80. The fourth-order valence-electron chi connectivity index (χ4n) is 7.86. The Bertz CT molecular complexity index is 1380. The van der Waals surface area contributed by atoms with Crippen LogP contribution in [0.15, 0.2) is 55.6 Å². The molecular weight excluding hydrogens is 712 g/mol. The molecule has 13 nitrogen and oxygen atoms in total. The maximum atomic E-state index is 14.5. The van der Waals surface area contributed by atoms with Crippen LogP contribution in [-0.4, -0.2) is 145 Å². The van der Waals surface area contributed by atoms with E-state index in [4.69, 9.17) is 18.9 Å². The van der Waals surface area contributed by atoms with Crippen LogP contribution in [-0.2, 0) is 38.1 Å². The van der Waals surface area contributed by atoms with E-state index in [1.54, 1.807) is 41.3 Å². The number of methoxy groups -OCH3 is 1. The predicted octanol–water partition coefficient (Wildman–Crippen LogP) is 1.46. The molecule has 274 valence electrons. The number of halogens is 1. The number of likely N-dealkylation sites (tertiary alicyclic amines) is 1. The number of nitrogens with one attached hydrogen (secondary N) is 1. The van der Waals surface area contributed by atoms with Crippen LogP contribution in [0.3, 0.4) is 0 Å². The third-order valence-corrected chi connectivity index (χ3v) is 10.9. The van der Waals surface area contributed by atoms with Gasteiger partial charge < -0.3 is 39.2 Å². The summed E-state index contributed by atoms with van der Waals surface area (Å²) in [7, 11) is 1.50. The van der Waals surface area contributed by atoms with Crippen molar-refractivity contribution in [1.29, 1.82) is 0 Å². The van der Waals surface area contributed by atoms with E-state index >= 15 is 0 Å². The maximum absolute atomic E-state index is 14.5. The molecule has 1 aromatic carbocycles. The number of alkyl halides is 1. The Morgan fingerprint density at radius 3 is 2.58 bits per heavy atom. The van der Waals surface area contributed by atoms with Gasteiger partial charge in [0.15, 0.2) is 0 Å². The molecule has 8 atom stereocenters. The smallest absolute Gasteiger partial charge is 0.313 e. The van der Waals surface area contributed by atoms with Gasteiger partial charge in [-0.1, -0.05) is 58.4 Å². The number of fused-ring (bicyclic) bond motifs is 1. The third-order valence-electron chi connectivity index (χ3n) is 10.1. The minimum absolute atomic E-state index is 0.0507. The van der Waals surface area contributed by atoms with E-state index in [9.17, 15) is 24.3 Å². The number of aliphatic hydroxyl groups excluding tert-OH is 1. The number of carbonyl (C=O) groups excluding carboxylic acids is 4. The van der Waals surface area contributed by atoms with Gasteiger partial charge in [0.05, 0.1) is 50.4 Å². The molecule has 0 radical (unpaired) electrons. The van der Waals surface area contributed by atoms with E-state index < -0.39 is 53.6 Å². The first kappa shape index (κ1) is 38.1. The van der Waals surface area contributed by atoms with Gasteiger partial charge in [0.25, 0.3) is 0 Å². The van der Waals surface area contributed by atoms with Gasteiger partial charge in [0, 0.05) is 57.6 Å². The predicted molar refractivity (Wildman–Crippen MR) is 187 cm³/mol. The number of rotatable bonds is 18. The number of amides is 3. The molecule has 4 saturated heterocycles. The van der Waals surface area contributed by atoms with Crippen molar-refractivity contribution >= 4 is 39.6 Å². The van der Waals surface area contributed by atoms with E-state index in [1.807, 2.05) is 6.07 Å². The molecule has 1 spiro atoms. The van der Waals surface area contributed by atoms with Crippen molar-refractivity contribution in [2.75, 3.05) is 72.8 Å². The molecule has 0 saturated carbocycles. The van der Waals surface area contributed by atoms with Crippen LogP contribution in [0, 0.1) is 11.8 Å². The molecule has 4 fully saturated rings. The van der Waals surface area contributed by atoms with Gasteiger partial charge in [-0.25, -0.2) is 0 Å². The number of nitrogens with zero attached hydrogens (tertiary/aromatic N) is 3. The van der Waals surface area contributed by atoms with E-state index in [1.165, 1.54) is 12.0 Å². The van der Waals surface area contributed by atoms with E-state index in [2.05, 4.69) is 39.3 Å². The number of β-amino-alcohol motifs (C(OH)–C–C–N with tert-alkyl or cyclic N) is 1. The lowest BCUT2D eigenvalue weighted by Crippen LogP contribution is -2.58. The molecule has 0 aliphatic carbocycles. The van der Waals surface area contributed by atoms with Crippen molar-refractivity contribution in [2.45, 2.75) is 54.0 Å². The van der Waals surface area contributed by atoms with Gasteiger partial charge in [-0.3, -0.25) is 24.1 Å². The topological polar surface area (TPSA) is 147 Å². The lowest BCUT2D eigenvalue weighted by atomic mass is 9.70. The summed E-state index contributed by atoms with van der Waals surface area (Å²) < 4.78 is 23.8. The van der Waals surface area contributed by atoms with Crippen LogP contribution < -0.4 is 5.32 Å². The first-order chi connectivity index (χ1) is 24.2. The molecule has 4 aliphatic heterocycles. The Hall–Kier alpha value is -3.14. The molecule has 4 heterocycles. The second kappa shape index (κ2) is 17.4. The van der Waals surface area contributed by atoms with Crippen LogP contribution in [0.1, 0.15) is 30.9 Å². The number of hydrogen-bond acceptors (Lipinski definition) is 10. The number of allylic oxidation sites excluding steroid dienone is 1. The minimum atomic E-state index is -1.32. The standard InChI is InChI=1S/C36H49BrN4O9/c1-4-6-12-27(43)38-26(23-47-3)30(24-10-8-7-9-11-24)49-35(46)28-29-33(44)41(16-19-42)32(36(29)22-25(37)31(28)50-36)34(45)40(13-5-2)15-14-39-17-20-48-21-18-39/h4-5,7-11,25-26,28-32,42H,1-2,6,12-23H2,3H3,(H,38,43)/t25?,26-,28-,29+,30-,31-,32-,36+/m0/s1. The summed E-state index contributed by atoms with van der Waals surface area (Å²) in [5.41, 5.74) is -0.689. The molecule has 1 aromatic rings. The average molecular weight is 762 g/mol. The molecule has 50 heavy (non-hydrogen) atoms. The number of morpholine rings is 1. The van der Waals surface area contributed by atoms with E-state index in [0.717, 1.165) is 13.1 Å². The molecule has 2 bridgehead atoms. The van der Waals surface area contributed by atoms with Crippen LogP contribution in [0.5, 0.6) is 0 Å². The summed E-state index contributed by atoms with van der Waals surface area (Å²) in [6.45, 7) is 11.2. The maximum Gasteiger partial charge on any atom is 0.313 e. The number of esters is 1. The first-order valence-electron chi connectivity index (χ1n) is 17.3. The van der Waals surface area contributed by atoms with Gasteiger partial charge in [-0.2, -0.15) is 0 Å². The zero-order chi connectivity index (χ0) is 35.8. The van der Waals surface area contributed by atoms with E-state index in [0.29, 0.717) is 44.7 Å². The summed E-state index contributed by atoms with van der Waals surface area (Å²) in [6, 6.07) is 7.24. The quantitative estimate of drug-likeness (QED) is 0.128. The van der Waals surface area contributed by atoms with Crippen LogP contribution in [0.25, 0.3) is 0 Å². The van der Waals surface area contributed by atoms with Crippen molar-refractivity contribution in [1.82, 2.24) is 20.0 Å². The number of aliphatic hydroxyl groups is 1. The summed E-state index contributed by atoms with van der Waals surface area (Å²) >= 11 is 3.71. The highest BCUT2D eigenvalue weighted by Crippen LogP contribution is 2.60. The average Bonchev–Trinajstić information content (AvgIpc) is 3.71. The normalized spacial score (nSPS) is 28.5. The molecule has 1 unspecified atom stereocenters. The summed E-state index contributed by atoms with van der Waals surface area (Å²) in [5, 5.41) is 13.0. The lowest BCUT2D eigenvalue weighted by molar-refractivity contribution is -0.163. The van der Waals surface area contributed by atoms with Gasteiger partial charge in [0.2, 0.25) is 17.7 Å². The Morgan fingerprint density at radius 2 is 1.92 bits per heavy atom. The molecule has 4 aliphatic rings. The summed E-state index contributed by atoms with van der Waals surface area (Å²) in [5.74, 6) is -3.75. The Morgan fingerprint density at radius 1 is 1.18 bits per heavy atom. The fraction of sp³-hybridized carbons (Fsp3) is 0.611. The van der Waals surface area contributed by atoms with Crippen LogP contribution >= 0.6 is 15.9 Å². The second-order valence-electron chi connectivity index (χ2n) is 13.2. The van der Waals surface area contributed by atoms with Crippen LogP contribution in [0.4, 0.5) is 0 Å². The number of carbonyl (C=O) groups is 4. The number of hydrogen-bond donors (Lipinski definition) is 2. The van der Waals surface area contributed by atoms with Crippen molar-refractivity contribution < 1.29 is 43.2 Å². The van der Waals surface area contributed by atoms with Crippen molar-refractivity contribution in [3.8, 4) is 0 Å². The van der Waals surface area contributed by atoms with Gasteiger partial charge in [-0.15, -0.1) is 13.2 Å². The first-order valence-corrected chi connectivity index (χ1v) is 18.2. The zero-order valence-electron chi connectivity index (χ0n) is 28.6. The Labute approximate surface area is 302 Å². The highest BCUT2D eigenvalue weighted by molar-refractivity contribution is 9.09. The summed E-state index contributed by atoms with van der Waals surface area (Å²) in [4.78, 5) is 61.1. The van der Waals surface area contributed by atoms with Gasteiger partial charge >= 0.3 is 5.97 Å².